The van der Waals surface area contributed by atoms with Gasteiger partial charge in [0.25, 0.3) is 0 Å². The summed E-state index contributed by atoms with van der Waals surface area (Å²) >= 11 is 0. The maximum absolute atomic E-state index is 13.0. The molecule has 0 aromatic heterocycles. The predicted octanol–water partition coefficient (Wildman–Crippen LogP) is 2.47. The zero-order chi connectivity index (χ0) is 15.2. The number of benzene rings is 1. The summed E-state index contributed by atoms with van der Waals surface area (Å²) in [6.45, 7) is 0.541. The summed E-state index contributed by atoms with van der Waals surface area (Å²) in [6, 6.07) is 9.08. The summed E-state index contributed by atoms with van der Waals surface area (Å²) in [5.41, 5.74) is 1.29. The normalized spacial score (nSPS) is 32.4. The fourth-order valence-electron chi connectivity index (χ4n) is 4.04. The minimum absolute atomic E-state index is 0.108. The second-order valence-corrected chi connectivity index (χ2v) is 6.11. The summed E-state index contributed by atoms with van der Waals surface area (Å²) < 4.78 is 0. The van der Waals surface area contributed by atoms with Gasteiger partial charge in [-0.1, -0.05) is 60.7 Å². The molecule has 0 bridgehead atoms. The Morgan fingerprint density at radius 1 is 1.18 bits per heavy atom. The molecule has 1 aromatic rings. The molecule has 0 amide bonds. The molecule has 2 aliphatic carbocycles. The Bertz CT molecular complexity index is 729. The van der Waals surface area contributed by atoms with Crippen molar-refractivity contribution in [2.24, 2.45) is 11.3 Å². The monoisotopic (exact) mass is 291 g/mol. The van der Waals surface area contributed by atoms with Gasteiger partial charge in [-0.25, -0.2) is 0 Å². The third-order valence-electron chi connectivity index (χ3n) is 5.06. The first-order valence-electron chi connectivity index (χ1n) is 7.65. The molecule has 1 saturated heterocycles. The van der Waals surface area contributed by atoms with Crippen LogP contribution in [0.25, 0.3) is 0 Å². The topological polar surface area (TPSA) is 46.2 Å². The van der Waals surface area contributed by atoms with E-state index in [1.165, 1.54) is 0 Å². The first-order chi connectivity index (χ1) is 10.7. The van der Waals surface area contributed by atoms with Gasteiger partial charge in [-0.15, -0.1) is 0 Å². The van der Waals surface area contributed by atoms with Crippen LogP contribution in [-0.2, 0) is 4.79 Å². The number of rotatable bonds is 2. The van der Waals surface area contributed by atoms with Crippen molar-refractivity contribution in [1.29, 1.82) is 0 Å². The molecule has 0 radical (unpaired) electrons. The van der Waals surface area contributed by atoms with Gasteiger partial charge in [0.2, 0.25) is 0 Å². The Hall–Kier alpha value is -2.26. The van der Waals surface area contributed by atoms with E-state index in [4.69, 9.17) is 0 Å². The summed E-state index contributed by atoms with van der Waals surface area (Å²) in [7, 11) is 0. The molecule has 1 heterocycles. The lowest BCUT2D eigenvalue weighted by molar-refractivity contribution is -0.121. The van der Waals surface area contributed by atoms with Crippen molar-refractivity contribution in [1.82, 2.24) is 5.32 Å². The van der Waals surface area contributed by atoms with Crippen molar-refractivity contribution in [2.75, 3.05) is 6.54 Å². The lowest BCUT2D eigenvalue weighted by atomic mass is 9.61. The van der Waals surface area contributed by atoms with E-state index in [2.05, 4.69) is 5.32 Å². The fraction of sp³-hybridized carbons (Fsp3) is 0.263. The average Bonchev–Trinajstić information content (AvgIpc) is 2.95. The summed E-state index contributed by atoms with van der Waals surface area (Å²) in [4.78, 5) is 25.4. The molecule has 3 atom stereocenters. The minimum atomic E-state index is -0.517. The lowest BCUT2D eigenvalue weighted by Crippen LogP contribution is -2.48. The Morgan fingerprint density at radius 3 is 2.82 bits per heavy atom. The minimum Gasteiger partial charge on any atom is -0.306 e. The molecule has 3 aliphatic rings. The van der Waals surface area contributed by atoms with Crippen LogP contribution in [0.3, 0.4) is 0 Å². The van der Waals surface area contributed by atoms with Crippen LogP contribution in [0.4, 0.5) is 0 Å². The Labute approximate surface area is 129 Å². The number of allylic oxidation sites excluding steroid dienone is 4. The largest absolute Gasteiger partial charge is 0.306 e. The third kappa shape index (κ3) is 1.72. The lowest BCUT2D eigenvalue weighted by Gasteiger charge is -2.40. The standard InChI is InChI=1S/C19H17NO2/c21-16-10-9-14-8-4-5-11-19(14)15(12-20-18(16)19)17(22)13-6-2-1-3-7-13/h1-9,11,15,18,20H,10,12H2. The maximum atomic E-state index is 13.0. The number of Topliss-reactive ketones (excluding diaryl/α,β-unsaturated/α-hetero) is 2. The first-order valence-corrected chi connectivity index (χ1v) is 7.65. The highest BCUT2D eigenvalue weighted by Gasteiger charge is 2.57. The smallest absolute Gasteiger partial charge is 0.168 e. The molecule has 1 aromatic carbocycles. The number of nitrogens with one attached hydrogen (secondary N) is 1. The first kappa shape index (κ1) is 13.4. The van der Waals surface area contributed by atoms with Crippen molar-refractivity contribution in [3.8, 4) is 0 Å². The van der Waals surface area contributed by atoms with E-state index >= 15 is 0 Å². The van der Waals surface area contributed by atoms with E-state index in [0.717, 1.165) is 5.57 Å². The zero-order valence-corrected chi connectivity index (χ0v) is 12.2. The highest BCUT2D eigenvalue weighted by atomic mass is 16.1. The molecule has 3 unspecified atom stereocenters. The summed E-state index contributed by atoms with van der Waals surface area (Å²) in [5, 5.41) is 3.30. The molecule has 0 saturated carbocycles. The van der Waals surface area contributed by atoms with E-state index < -0.39 is 5.41 Å². The quantitative estimate of drug-likeness (QED) is 0.851. The van der Waals surface area contributed by atoms with Crippen LogP contribution in [0.2, 0.25) is 0 Å². The SMILES string of the molecule is O=C(c1ccccc1)C1CNC2C(=O)CC=C3C=CC=CC312. The van der Waals surface area contributed by atoms with Gasteiger partial charge in [-0.05, 0) is 5.57 Å². The highest BCUT2D eigenvalue weighted by molar-refractivity contribution is 6.01. The van der Waals surface area contributed by atoms with Gasteiger partial charge in [0.05, 0.1) is 6.04 Å². The third-order valence-corrected chi connectivity index (χ3v) is 5.06. The van der Waals surface area contributed by atoms with E-state index in [9.17, 15) is 9.59 Å². The molecule has 22 heavy (non-hydrogen) atoms. The van der Waals surface area contributed by atoms with E-state index in [1.54, 1.807) is 0 Å². The predicted molar refractivity (Wildman–Crippen MR) is 84.5 cm³/mol. The van der Waals surface area contributed by atoms with Crippen molar-refractivity contribution in [3.05, 3.63) is 71.8 Å². The zero-order valence-electron chi connectivity index (χ0n) is 12.2. The summed E-state index contributed by atoms with van der Waals surface area (Å²) in [5.74, 6) is 0.0415. The molecule has 4 rings (SSSR count). The molecule has 1 aliphatic heterocycles. The van der Waals surface area contributed by atoms with Gasteiger partial charge in [-0.2, -0.15) is 0 Å². The van der Waals surface area contributed by atoms with E-state index in [1.807, 2.05) is 60.7 Å². The number of carbonyl (C=O) groups excluding carboxylic acids is 2. The van der Waals surface area contributed by atoms with Crippen LogP contribution in [0.5, 0.6) is 0 Å². The van der Waals surface area contributed by atoms with Crippen molar-refractivity contribution in [3.63, 3.8) is 0 Å². The molecule has 1 spiro atoms. The Kier molecular flexibility index (Phi) is 2.98. The molecular weight excluding hydrogens is 274 g/mol. The molecule has 3 nitrogen and oxygen atoms in total. The molecule has 3 heteroatoms. The second kappa shape index (κ2) is 4.89. The van der Waals surface area contributed by atoms with Crippen molar-refractivity contribution >= 4 is 11.6 Å². The van der Waals surface area contributed by atoms with Crippen molar-refractivity contribution in [2.45, 2.75) is 12.5 Å². The number of hydrogen-bond acceptors (Lipinski definition) is 3. The molecule has 1 N–H and O–H groups in total. The van der Waals surface area contributed by atoms with E-state index in [0.29, 0.717) is 18.5 Å². The van der Waals surface area contributed by atoms with Crippen molar-refractivity contribution < 1.29 is 9.59 Å². The molecule has 110 valence electrons. The summed E-state index contributed by atoms with van der Waals surface area (Å²) in [6.07, 6.45) is 10.5. The van der Waals surface area contributed by atoms with Gasteiger partial charge < -0.3 is 5.32 Å². The highest BCUT2D eigenvalue weighted by Crippen LogP contribution is 2.50. The number of ketones is 2. The van der Waals surface area contributed by atoms with Crippen LogP contribution in [0, 0.1) is 11.3 Å². The maximum Gasteiger partial charge on any atom is 0.168 e. The van der Waals surface area contributed by atoms with Gasteiger partial charge in [0.15, 0.2) is 11.6 Å². The van der Waals surface area contributed by atoms with Crippen LogP contribution in [0.15, 0.2) is 66.3 Å². The Morgan fingerprint density at radius 2 is 2.00 bits per heavy atom. The van der Waals surface area contributed by atoms with E-state index in [-0.39, 0.29) is 23.5 Å². The second-order valence-electron chi connectivity index (χ2n) is 6.11. The van der Waals surface area contributed by atoms with Gasteiger partial charge in [0, 0.05) is 29.9 Å². The number of carbonyl (C=O) groups is 2. The van der Waals surface area contributed by atoms with Gasteiger partial charge >= 0.3 is 0 Å². The van der Waals surface area contributed by atoms with Gasteiger partial charge in [0.1, 0.15) is 0 Å². The van der Waals surface area contributed by atoms with Crippen LogP contribution < -0.4 is 5.32 Å². The molecular formula is C19H17NO2. The fourth-order valence-corrected chi connectivity index (χ4v) is 4.04. The van der Waals surface area contributed by atoms with Crippen LogP contribution in [-0.4, -0.2) is 24.2 Å². The average molecular weight is 291 g/mol. The Balaban J connectivity index is 1.82. The molecule has 1 fully saturated rings. The number of hydrogen-bond donors (Lipinski definition) is 1. The van der Waals surface area contributed by atoms with Crippen LogP contribution in [0.1, 0.15) is 16.8 Å². The van der Waals surface area contributed by atoms with Crippen LogP contribution >= 0.6 is 0 Å². The van der Waals surface area contributed by atoms with Gasteiger partial charge in [-0.3, -0.25) is 9.59 Å².